The number of hydrogen-bond acceptors (Lipinski definition) is 4. The predicted molar refractivity (Wildman–Crippen MR) is 69.5 cm³/mol. The summed E-state index contributed by atoms with van der Waals surface area (Å²) in [5.74, 6) is 1.26. The van der Waals surface area contributed by atoms with Crippen LogP contribution in [0.25, 0.3) is 0 Å². The van der Waals surface area contributed by atoms with Crippen LogP contribution in [-0.2, 0) is 0 Å². The molecule has 0 aliphatic carbocycles. The Labute approximate surface area is 100 Å². The third kappa shape index (κ3) is 2.61. The van der Waals surface area contributed by atoms with E-state index in [-0.39, 0.29) is 0 Å². The quantitative estimate of drug-likeness (QED) is 0.787. The van der Waals surface area contributed by atoms with Gasteiger partial charge in [0.15, 0.2) is 0 Å². The van der Waals surface area contributed by atoms with Gasteiger partial charge in [-0.2, -0.15) is 17.0 Å². The molecule has 0 spiro atoms. The number of rotatable bonds is 3. The van der Waals surface area contributed by atoms with Gasteiger partial charge >= 0.3 is 0 Å². The average molecular weight is 233 g/mol. The number of nitrogens with zero attached hydrogens (tertiary/aromatic N) is 1. The summed E-state index contributed by atoms with van der Waals surface area (Å²) < 4.78 is 0. The SMILES string of the molecule is N#Cc1cc(N)ccc1NCC1CCCS1. The molecule has 1 unspecified atom stereocenters. The molecule has 0 radical (unpaired) electrons. The average Bonchev–Trinajstić information content (AvgIpc) is 2.80. The monoisotopic (exact) mass is 233 g/mol. The highest BCUT2D eigenvalue weighted by atomic mass is 32.2. The minimum atomic E-state index is 0.628. The Balaban J connectivity index is 2.00. The Morgan fingerprint density at radius 3 is 3.12 bits per heavy atom. The van der Waals surface area contributed by atoms with Crippen LogP contribution in [0.5, 0.6) is 0 Å². The highest BCUT2D eigenvalue weighted by Gasteiger charge is 2.15. The number of hydrogen-bond donors (Lipinski definition) is 2. The fraction of sp³-hybridized carbons (Fsp3) is 0.417. The van der Waals surface area contributed by atoms with Crippen LogP contribution in [0.3, 0.4) is 0 Å². The molecular weight excluding hydrogens is 218 g/mol. The van der Waals surface area contributed by atoms with Gasteiger partial charge in [0.25, 0.3) is 0 Å². The van der Waals surface area contributed by atoms with Crippen molar-refractivity contribution < 1.29 is 0 Å². The van der Waals surface area contributed by atoms with Gasteiger partial charge in [-0.25, -0.2) is 0 Å². The van der Waals surface area contributed by atoms with Crippen molar-refractivity contribution in [3.63, 3.8) is 0 Å². The van der Waals surface area contributed by atoms with E-state index >= 15 is 0 Å². The van der Waals surface area contributed by atoms with Crippen molar-refractivity contribution in [2.24, 2.45) is 0 Å². The standard InChI is InChI=1S/C12H15N3S/c13-7-9-6-10(14)3-4-12(9)15-8-11-2-1-5-16-11/h3-4,6,11,15H,1-2,5,8,14H2. The summed E-state index contributed by atoms with van der Waals surface area (Å²) in [6.45, 7) is 0.934. The summed E-state index contributed by atoms with van der Waals surface area (Å²) in [5.41, 5.74) is 7.80. The molecule has 1 saturated heterocycles. The first-order chi connectivity index (χ1) is 7.79. The highest BCUT2D eigenvalue weighted by Crippen LogP contribution is 2.27. The Morgan fingerprint density at radius 2 is 2.44 bits per heavy atom. The molecule has 2 rings (SSSR count). The molecule has 1 aliphatic rings. The second kappa shape index (κ2) is 5.13. The van der Waals surface area contributed by atoms with Gasteiger partial charge in [0.1, 0.15) is 6.07 Å². The maximum Gasteiger partial charge on any atom is 0.101 e. The fourth-order valence-corrected chi connectivity index (χ4v) is 3.04. The zero-order valence-electron chi connectivity index (χ0n) is 9.07. The van der Waals surface area contributed by atoms with Crippen molar-refractivity contribution in [1.82, 2.24) is 0 Å². The number of nitriles is 1. The van der Waals surface area contributed by atoms with Crippen molar-refractivity contribution in [3.8, 4) is 6.07 Å². The number of nitrogens with one attached hydrogen (secondary N) is 1. The third-order valence-electron chi connectivity index (χ3n) is 2.71. The third-order valence-corrected chi connectivity index (χ3v) is 4.11. The second-order valence-electron chi connectivity index (χ2n) is 3.93. The van der Waals surface area contributed by atoms with E-state index in [1.165, 1.54) is 18.6 Å². The van der Waals surface area contributed by atoms with Crippen LogP contribution in [0.2, 0.25) is 0 Å². The van der Waals surface area contributed by atoms with E-state index in [1.54, 1.807) is 6.07 Å². The molecule has 3 N–H and O–H groups in total. The number of nitrogens with two attached hydrogens (primary N) is 1. The van der Waals surface area contributed by atoms with Gasteiger partial charge < -0.3 is 11.1 Å². The van der Waals surface area contributed by atoms with Crippen LogP contribution < -0.4 is 11.1 Å². The van der Waals surface area contributed by atoms with Crippen molar-refractivity contribution in [2.45, 2.75) is 18.1 Å². The van der Waals surface area contributed by atoms with Crippen LogP contribution in [0.1, 0.15) is 18.4 Å². The molecule has 1 fully saturated rings. The van der Waals surface area contributed by atoms with E-state index in [0.717, 1.165) is 12.2 Å². The molecule has 0 amide bonds. The number of nitrogen functional groups attached to an aromatic ring is 1. The van der Waals surface area contributed by atoms with Crippen LogP contribution in [0.4, 0.5) is 11.4 Å². The molecular formula is C12H15N3S. The van der Waals surface area contributed by atoms with E-state index in [1.807, 2.05) is 23.9 Å². The number of thioether (sulfide) groups is 1. The molecule has 0 aromatic heterocycles. The van der Waals surface area contributed by atoms with Crippen molar-refractivity contribution in [2.75, 3.05) is 23.3 Å². The smallest absolute Gasteiger partial charge is 0.101 e. The zero-order valence-corrected chi connectivity index (χ0v) is 9.89. The summed E-state index contributed by atoms with van der Waals surface area (Å²) >= 11 is 2.01. The van der Waals surface area contributed by atoms with Crippen LogP contribution >= 0.6 is 11.8 Å². The van der Waals surface area contributed by atoms with E-state index in [2.05, 4.69) is 11.4 Å². The van der Waals surface area contributed by atoms with E-state index in [9.17, 15) is 0 Å². The zero-order chi connectivity index (χ0) is 11.4. The van der Waals surface area contributed by atoms with Gasteiger partial charge in [0.05, 0.1) is 11.3 Å². The first-order valence-electron chi connectivity index (χ1n) is 5.44. The topological polar surface area (TPSA) is 61.8 Å². The minimum absolute atomic E-state index is 0.628. The largest absolute Gasteiger partial charge is 0.399 e. The van der Waals surface area contributed by atoms with Crippen molar-refractivity contribution >= 4 is 23.1 Å². The molecule has 1 aromatic rings. The molecule has 0 bridgehead atoms. The molecule has 3 nitrogen and oxygen atoms in total. The molecule has 1 aliphatic heterocycles. The maximum atomic E-state index is 8.98. The summed E-state index contributed by atoms with van der Waals surface area (Å²) in [5, 5.41) is 13.0. The molecule has 84 valence electrons. The van der Waals surface area contributed by atoms with Gasteiger partial charge in [-0.3, -0.25) is 0 Å². The lowest BCUT2D eigenvalue weighted by Crippen LogP contribution is -2.14. The van der Waals surface area contributed by atoms with Gasteiger partial charge in [0, 0.05) is 17.5 Å². The fourth-order valence-electron chi connectivity index (χ4n) is 1.84. The summed E-state index contributed by atoms with van der Waals surface area (Å²) in [6.07, 6.45) is 2.58. The Bertz CT molecular complexity index is 405. The molecule has 1 atom stereocenters. The molecule has 4 heteroatoms. The van der Waals surface area contributed by atoms with E-state index in [0.29, 0.717) is 16.5 Å². The molecule has 16 heavy (non-hydrogen) atoms. The molecule has 1 aromatic carbocycles. The van der Waals surface area contributed by atoms with Gasteiger partial charge in [-0.05, 0) is 36.8 Å². The van der Waals surface area contributed by atoms with Crippen LogP contribution in [0, 0.1) is 11.3 Å². The minimum Gasteiger partial charge on any atom is -0.399 e. The predicted octanol–water partition coefficient (Wildman–Crippen LogP) is 2.45. The lowest BCUT2D eigenvalue weighted by molar-refractivity contribution is 0.805. The van der Waals surface area contributed by atoms with Crippen molar-refractivity contribution in [1.29, 1.82) is 5.26 Å². The lowest BCUT2D eigenvalue weighted by atomic mass is 10.1. The second-order valence-corrected chi connectivity index (χ2v) is 5.34. The molecule has 1 heterocycles. The Morgan fingerprint density at radius 1 is 1.56 bits per heavy atom. The van der Waals surface area contributed by atoms with Crippen LogP contribution in [0.15, 0.2) is 18.2 Å². The lowest BCUT2D eigenvalue weighted by Gasteiger charge is -2.12. The summed E-state index contributed by atoms with van der Waals surface area (Å²) in [7, 11) is 0. The van der Waals surface area contributed by atoms with E-state index in [4.69, 9.17) is 11.0 Å². The Hall–Kier alpha value is -1.34. The summed E-state index contributed by atoms with van der Waals surface area (Å²) in [6, 6.07) is 7.58. The van der Waals surface area contributed by atoms with Crippen molar-refractivity contribution in [3.05, 3.63) is 23.8 Å². The van der Waals surface area contributed by atoms with Crippen LogP contribution in [-0.4, -0.2) is 17.5 Å². The maximum absolute atomic E-state index is 8.98. The normalized spacial score (nSPS) is 19.3. The van der Waals surface area contributed by atoms with Gasteiger partial charge in [-0.15, -0.1) is 0 Å². The van der Waals surface area contributed by atoms with E-state index < -0.39 is 0 Å². The Kier molecular flexibility index (Phi) is 3.58. The van der Waals surface area contributed by atoms with Gasteiger partial charge in [-0.1, -0.05) is 0 Å². The molecule has 0 saturated carbocycles. The number of anilines is 2. The first-order valence-corrected chi connectivity index (χ1v) is 6.49. The summed E-state index contributed by atoms with van der Waals surface area (Å²) in [4.78, 5) is 0. The highest BCUT2D eigenvalue weighted by molar-refractivity contribution is 8.00. The first kappa shape index (κ1) is 11.2. The van der Waals surface area contributed by atoms with Gasteiger partial charge in [0.2, 0.25) is 0 Å². The number of benzene rings is 1.